The zero-order valence-electron chi connectivity index (χ0n) is 10.8. The zero-order valence-corrected chi connectivity index (χ0v) is 11.7. The van der Waals surface area contributed by atoms with Crippen molar-refractivity contribution in [3.63, 3.8) is 0 Å². The molecule has 0 fully saturated rings. The van der Waals surface area contributed by atoms with E-state index in [9.17, 15) is 18.0 Å². The predicted octanol–water partition coefficient (Wildman–Crippen LogP) is -0.363. The number of amides is 1. The lowest BCUT2D eigenvalue weighted by molar-refractivity contribution is -0.141. The number of aliphatic carboxylic acids is 1. The van der Waals surface area contributed by atoms with E-state index in [4.69, 9.17) is 5.11 Å². The minimum absolute atomic E-state index is 0.201. The molecule has 0 radical (unpaired) electrons. The molecule has 0 aliphatic heterocycles. The fourth-order valence-electron chi connectivity index (χ4n) is 1.45. The maximum Gasteiger partial charge on any atom is 0.326 e. The van der Waals surface area contributed by atoms with Gasteiger partial charge in [-0.2, -0.15) is 0 Å². The van der Waals surface area contributed by atoms with Crippen molar-refractivity contribution in [1.82, 2.24) is 9.62 Å². The van der Waals surface area contributed by atoms with Gasteiger partial charge in [0, 0.05) is 13.1 Å². The van der Waals surface area contributed by atoms with Crippen molar-refractivity contribution >= 4 is 21.9 Å². The van der Waals surface area contributed by atoms with Crippen LogP contribution in [0.2, 0.25) is 0 Å². The van der Waals surface area contributed by atoms with Gasteiger partial charge in [0.2, 0.25) is 15.9 Å². The number of nitrogens with zero attached hydrogens (tertiary/aromatic N) is 1. The Labute approximate surface area is 107 Å². The molecule has 0 aromatic heterocycles. The third-order valence-corrected chi connectivity index (χ3v) is 4.38. The maximum absolute atomic E-state index is 11.8. The van der Waals surface area contributed by atoms with Gasteiger partial charge in [0.15, 0.2) is 0 Å². The second kappa shape index (κ2) is 7.32. The molecule has 0 spiro atoms. The first-order chi connectivity index (χ1) is 8.28. The van der Waals surface area contributed by atoms with Crippen LogP contribution in [0.5, 0.6) is 0 Å². The highest BCUT2D eigenvalue weighted by Gasteiger charge is 2.25. The fraction of sp³-hybridized carbons (Fsp3) is 0.800. The number of rotatable bonds is 8. The molecule has 2 N–H and O–H groups in total. The number of hydrogen-bond acceptors (Lipinski definition) is 4. The molecule has 0 aromatic rings. The molecular weight excluding hydrogens is 260 g/mol. The monoisotopic (exact) mass is 280 g/mol. The molecule has 0 aliphatic rings. The summed E-state index contributed by atoms with van der Waals surface area (Å²) in [7, 11) is -3.67. The lowest BCUT2D eigenvalue weighted by atomic mass is 10.2. The van der Waals surface area contributed by atoms with Gasteiger partial charge in [0.25, 0.3) is 0 Å². The molecule has 8 heteroatoms. The van der Waals surface area contributed by atoms with Crippen molar-refractivity contribution in [2.24, 2.45) is 0 Å². The summed E-state index contributed by atoms with van der Waals surface area (Å²) >= 11 is 0. The standard InChI is InChI=1S/C10H20N2O5S/c1-4-8(10(14)15)11-9(13)7-18(16,17)12(5-2)6-3/h8H,4-7H2,1-3H3,(H,11,13)(H,14,15). The molecule has 7 nitrogen and oxygen atoms in total. The second-order valence-corrected chi connectivity index (χ2v) is 5.68. The van der Waals surface area contributed by atoms with Gasteiger partial charge in [-0.05, 0) is 6.42 Å². The third-order valence-electron chi connectivity index (χ3n) is 2.45. The summed E-state index contributed by atoms with van der Waals surface area (Å²) in [5, 5.41) is 10.9. The molecule has 106 valence electrons. The summed E-state index contributed by atoms with van der Waals surface area (Å²) in [5.41, 5.74) is 0. The smallest absolute Gasteiger partial charge is 0.326 e. The number of hydrogen-bond donors (Lipinski definition) is 2. The molecule has 0 rings (SSSR count). The van der Waals surface area contributed by atoms with E-state index >= 15 is 0 Å². The van der Waals surface area contributed by atoms with Crippen LogP contribution in [0, 0.1) is 0 Å². The van der Waals surface area contributed by atoms with Gasteiger partial charge in [0.1, 0.15) is 11.8 Å². The number of nitrogens with one attached hydrogen (secondary N) is 1. The Kier molecular flexibility index (Phi) is 6.85. The Bertz CT molecular complexity index is 389. The number of carbonyl (C=O) groups is 2. The molecule has 0 bridgehead atoms. The van der Waals surface area contributed by atoms with Gasteiger partial charge in [-0.1, -0.05) is 20.8 Å². The summed E-state index contributed by atoms with van der Waals surface area (Å²) in [6, 6.07) is -1.05. The predicted molar refractivity (Wildman–Crippen MR) is 66.6 cm³/mol. The van der Waals surface area contributed by atoms with E-state index in [1.54, 1.807) is 20.8 Å². The van der Waals surface area contributed by atoms with Crippen LogP contribution in [-0.2, 0) is 19.6 Å². The zero-order chi connectivity index (χ0) is 14.3. The third kappa shape index (κ3) is 5.01. The Hall–Kier alpha value is -1.15. The molecule has 0 aromatic carbocycles. The van der Waals surface area contributed by atoms with Gasteiger partial charge in [-0.3, -0.25) is 4.79 Å². The topological polar surface area (TPSA) is 104 Å². The molecule has 0 saturated carbocycles. The first-order valence-corrected chi connectivity index (χ1v) is 7.39. The Morgan fingerprint density at radius 2 is 1.72 bits per heavy atom. The van der Waals surface area contributed by atoms with Crippen LogP contribution in [0.15, 0.2) is 0 Å². The van der Waals surface area contributed by atoms with Crippen LogP contribution in [-0.4, -0.2) is 54.6 Å². The number of carboxylic acid groups (broad SMARTS) is 1. The molecule has 0 heterocycles. The summed E-state index contributed by atoms with van der Waals surface area (Å²) in [5.74, 6) is -2.69. The minimum Gasteiger partial charge on any atom is -0.480 e. The lowest BCUT2D eigenvalue weighted by Gasteiger charge is -2.19. The van der Waals surface area contributed by atoms with Crippen molar-refractivity contribution < 1.29 is 23.1 Å². The average Bonchev–Trinajstić information content (AvgIpc) is 2.25. The molecular formula is C10H20N2O5S. The number of carboxylic acids is 1. The van der Waals surface area contributed by atoms with E-state index in [0.29, 0.717) is 0 Å². The van der Waals surface area contributed by atoms with Gasteiger partial charge >= 0.3 is 5.97 Å². The SMILES string of the molecule is CCC(NC(=O)CS(=O)(=O)N(CC)CC)C(=O)O. The fourth-order valence-corrected chi connectivity index (χ4v) is 2.83. The van der Waals surface area contributed by atoms with Gasteiger partial charge in [0.05, 0.1) is 0 Å². The van der Waals surface area contributed by atoms with E-state index in [1.807, 2.05) is 0 Å². The lowest BCUT2D eigenvalue weighted by Crippen LogP contribution is -2.45. The molecule has 1 amide bonds. The van der Waals surface area contributed by atoms with E-state index in [1.165, 1.54) is 0 Å². The van der Waals surface area contributed by atoms with E-state index in [2.05, 4.69) is 5.32 Å². The minimum atomic E-state index is -3.67. The molecule has 0 aliphatic carbocycles. The molecule has 18 heavy (non-hydrogen) atoms. The van der Waals surface area contributed by atoms with Crippen LogP contribution in [0.25, 0.3) is 0 Å². The summed E-state index contributed by atoms with van der Waals surface area (Å²) < 4.78 is 24.7. The van der Waals surface area contributed by atoms with Gasteiger partial charge < -0.3 is 10.4 Å². The van der Waals surface area contributed by atoms with Crippen LogP contribution in [0.3, 0.4) is 0 Å². The highest BCUT2D eigenvalue weighted by Crippen LogP contribution is 2.01. The number of carbonyl (C=O) groups excluding carboxylic acids is 1. The van der Waals surface area contributed by atoms with Crippen molar-refractivity contribution in [2.45, 2.75) is 33.2 Å². The van der Waals surface area contributed by atoms with Gasteiger partial charge in [-0.25, -0.2) is 17.5 Å². The van der Waals surface area contributed by atoms with Gasteiger partial charge in [-0.15, -0.1) is 0 Å². The Balaban J connectivity index is 4.61. The van der Waals surface area contributed by atoms with Crippen molar-refractivity contribution in [1.29, 1.82) is 0 Å². The first-order valence-electron chi connectivity index (χ1n) is 5.78. The quantitative estimate of drug-likeness (QED) is 0.631. The maximum atomic E-state index is 11.8. The molecule has 1 unspecified atom stereocenters. The van der Waals surface area contributed by atoms with E-state index < -0.39 is 33.7 Å². The van der Waals surface area contributed by atoms with Crippen LogP contribution in [0.4, 0.5) is 0 Å². The summed E-state index contributed by atoms with van der Waals surface area (Å²) in [4.78, 5) is 22.2. The first kappa shape index (κ1) is 16.9. The highest BCUT2D eigenvalue weighted by atomic mass is 32.2. The van der Waals surface area contributed by atoms with Crippen LogP contribution >= 0.6 is 0 Å². The molecule has 0 saturated heterocycles. The van der Waals surface area contributed by atoms with E-state index in [-0.39, 0.29) is 19.5 Å². The summed E-state index contributed by atoms with van der Waals surface area (Å²) in [6.07, 6.45) is 0.201. The van der Waals surface area contributed by atoms with Crippen LogP contribution in [0.1, 0.15) is 27.2 Å². The summed E-state index contributed by atoms with van der Waals surface area (Å²) in [6.45, 7) is 5.50. The second-order valence-electron chi connectivity index (χ2n) is 3.71. The Morgan fingerprint density at radius 3 is 2.06 bits per heavy atom. The normalized spacial score (nSPS) is 13.3. The highest BCUT2D eigenvalue weighted by molar-refractivity contribution is 7.89. The molecule has 1 atom stereocenters. The van der Waals surface area contributed by atoms with Crippen molar-refractivity contribution in [2.75, 3.05) is 18.8 Å². The van der Waals surface area contributed by atoms with Crippen molar-refractivity contribution in [3.05, 3.63) is 0 Å². The number of sulfonamides is 1. The van der Waals surface area contributed by atoms with E-state index in [0.717, 1.165) is 4.31 Å². The largest absolute Gasteiger partial charge is 0.480 e. The Morgan fingerprint density at radius 1 is 1.22 bits per heavy atom. The average molecular weight is 280 g/mol. The van der Waals surface area contributed by atoms with Crippen molar-refractivity contribution in [3.8, 4) is 0 Å². The van der Waals surface area contributed by atoms with Crippen LogP contribution < -0.4 is 5.32 Å².